The number of thiophene rings is 1. The number of nitrogens with one attached hydrogen (secondary N) is 1. The third kappa shape index (κ3) is 5.89. The molecular formula is C34H29N3O5S. The Morgan fingerprint density at radius 2 is 1.53 bits per heavy atom. The molecule has 0 radical (unpaired) electrons. The zero-order chi connectivity index (χ0) is 29.9. The Hall–Kier alpha value is -4.89. The number of hydrogen-bond donors (Lipinski definition) is 1. The molecular weight excluding hydrogens is 562 g/mol. The van der Waals surface area contributed by atoms with Gasteiger partial charge in [-0.1, -0.05) is 67.6 Å². The van der Waals surface area contributed by atoms with Crippen molar-refractivity contribution < 1.29 is 23.9 Å². The molecule has 6 rings (SSSR count). The average Bonchev–Trinajstić information content (AvgIpc) is 3.39. The van der Waals surface area contributed by atoms with Crippen molar-refractivity contribution in [3.05, 3.63) is 100 Å². The van der Waals surface area contributed by atoms with E-state index in [4.69, 9.17) is 19.4 Å². The van der Waals surface area contributed by atoms with Crippen LogP contribution in [0.2, 0.25) is 0 Å². The predicted molar refractivity (Wildman–Crippen MR) is 166 cm³/mol. The lowest BCUT2D eigenvalue weighted by Gasteiger charge is -2.18. The number of methoxy groups -OCH3 is 1. The van der Waals surface area contributed by atoms with Crippen molar-refractivity contribution in [1.82, 2.24) is 9.97 Å². The fourth-order valence-corrected chi connectivity index (χ4v) is 6.72. The van der Waals surface area contributed by atoms with Crippen LogP contribution >= 0.6 is 11.3 Å². The van der Waals surface area contributed by atoms with E-state index in [-0.39, 0.29) is 5.56 Å². The molecule has 0 saturated carbocycles. The zero-order valence-corrected chi connectivity index (χ0v) is 24.6. The Bertz CT molecular complexity index is 1840. The highest BCUT2D eigenvalue weighted by Crippen LogP contribution is 2.40. The lowest BCUT2D eigenvalue weighted by Crippen LogP contribution is -2.22. The molecule has 0 bridgehead atoms. The highest BCUT2D eigenvalue weighted by atomic mass is 32.1. The minimum Gasteiger partial charge on any atom is -0.465 e. The van der Waals surface area contributed by atoms with Gasteiger partial charge in [-0.05, 0) is 48.9 Å². The highest BCUT2D eigenvalue weighted by molar-refractivity contribution is 7.17. The van der Waals surface area contributed by atoms with E-state index in [2.05, 4.69) is 12.2 Å². The molecule has 1 unspecified atom stereocenters. The number of nitrogens with zero attached hydrogens (tertiary/aromatic N) is 2. The third-order valence-electron chi connectivity index (χ3n) is 7.48. The van der Waals surface area contributed by atoms with Crippen LogP contribution in [-0.2, 0) is 27.1 Å². The summed E-state index contributed by atoms with van der Waals surface area (Å²) < 4.78 is 10.3. The lowest BCUT2D eigenvalue weighted by molar-refractivity contribution is -0.119. The van der Waals surface area contributed by atoms with Crippen LogP contribution < -0.4 is 5.32 Å². The number of amides is 1. The number of fused-ring (bicyclic) bond motifs is 2. The standard InChI is InChI=1S/C34H29N3O5S/c1-20-13-15-24-27(17-20)43-32(29(24)34(40)41-2)37-28(38)19-42-33(39)23-14-16-25-26(18-23)36-31(22-11-7-4-8-12-22)30(35-25)21-9-5-3-6-10-21/h3-12,14,16,18,20H,13,15,17,19H2,1-2H3,(H,37,38). The summed E-state index contributed by atoms with van der Waals surface area (Å²) in [6, 6.07) is 24.5. The summed E-state index contributed by atoms with van der Waals surface area (Å²) in [4.78, 5) is 49.2. The number of benzene rings is 3. The number of hydrogen-bond acceptors (Lipinski definition) is 8. The minimum absolute atomic E-state index is 0.247. The molecule has 2 heterocycles. The Kier molecular flexibility index (Phi) is 7.98. The maximum Gasteiger partial charge on any atom is 0.341 e. The molecule has 0 fully saturated rings. The average molecular weight is 592 g/mol. The van der Waals surface area contributed by atoms with E-state index in [9.17, 15) is 14.4 Å². The van der Waals surface area contributed by atoms with E-state index in [1.54, 1.807) is 18.2 Å². The molecule has 9 heteroatoms. The molecule has 1 N–H and O–H groups in total. The fourth-order valence-electron chi connectivity index (χ4n) is 5.31. The topological polar surface area (TPSA) is 107 Å². The molecule has 1 amide bonds. The first-order chi connectivity index (χ1) is 20.9. The van der Waals surface area contributed by atoms with Crippen molar-refractivity contribution in [1.29, 1.82) is 0 Å². The van der Waals surface area contributed by atoms with Crippen molar-refractivity contribution in [2.45, 2.75) is 26.2 Å². The molecule has 1 atom stereocenters. The lowest BCUT2D eigenvalue weighted by atomic mass is 9.88. The van der Waals surface area contributed by atoms with Crippen molar-refractivity contribution in [2.24, 2.45) is 5.92 Å². The molecule has 0 spiro atoms. The van der Waals surface area contributed by atoms with Crippen LogP contribution in [0, 0.1) is 5.92 Å². The number of aromatic nitrogens is 2. The predicted octanol–water partition coefficient (Wildman–Crippen LogP) is 6.73. The summed E-state index contributed by atoms with van der Waals surface area (Å²) in [5, 5.41) is 3.19. The first-order valence-electron chi connectivity index (χ1n) is 14.0. The van der Waals surface area contributed by atoms with Gasteiger partial charge in [-0.2, -0.15) is 0 Å². The van der Waals surface area contributed by atoms with Gasteiger partial charge in [0.05, 0.1) is 40.7 Å². The summed E-state index contributed by atoms with van der Waals surface area (Å²) in [7, 11) is 1.32. The Balaban J connectivity index is 1.22. The molecule has 5 aromatic rings. The number of carbonyl (C=O) groups excluding carboxylic acids is 3. The summed E-state index contributed by atoms with van der Waals surface area (Å²) in [6.07, 6.45) is 2.57. The third-order valence-corrected chi connectivity index (χ3v) is 8.65. The molecule has 216 valence electrons. The van der Waals surface area contributed by atoms with Crippen LogP contribution in [-0.4, -0.2) is 41.5 Å². The summed E-state index contributed by atoms with van der Waals surface area (Å²) >= 11 is 1.38. The summed E-state index contributed by atoms with van der Waals surface area (Å²) in [5.74, 6) is -1.19. The van der Waals surface area contributed by atoms with Gasteiger partial charge < -0.3 is 14.8 Å². The van der Waals surface area contributed by atoms with Gasteiger partial charge in [0, 0.05) is 16.0 Å². The molecule has 1 aliphatic carbocycles. The Morgan fingerprint density at radius 3 is 2.19 bits per heavy atom. The van der Waals surface area contributed by atoms with E-state index < -0.39 is 24.5 Å². The maximum absolute atomic E-state index is 13.0. The van der Waals surface area contributed by atoms with Gasteiger partial charge in [0.25, 0.3) is 5.91 Å². The molecule has 3 aromatic carbocycles. The van der Waals surface area contributed by atoms with Gasteiger partial charge in [0.15, 0.2) is 6.61 Å². The van der Waals surface area contributed by atoms with E-state index in [0.717, 1.165) is 46.5 Å². The second-order valence-corrected chi connectivity index (χ2v) is 11.6. The molecule has 1 aliphatic rings. The van der Waals surface area contributed by atoms with E-state index in [1.165, 1.54) is 18.4 Å². The SMILES string of the molecule is COC(=O)c1c(NC(=O)COC(=O)c2ccc3nc(-c4ccccc4)c(-c4ccccc4)nc3c2)sc2c1CCC(C)C2. The van der Waals surface area contributed by atoms with Crippen molar-refractivity contribution in [3.8, 4) is 22.5 Å². The van der Waals surface area contributed by atoms with Crippen LogP contribution in [0.15, 0.2) is 78.9 Å². The van der Waals surface area contributed by atoms with Crippen LogP contribution in [0.4, 0.5) is 5.00 Å². The quantitative estimate of drug-likeness (QED) is 0.209. The normalized spacial score (nSPS) is 14.1. The second-order valence-electron chi connectivity index (χ2n) is 10.5. The minimum atomic E-state index is -0.667. The van der Waals surface area contributed by atoms with Gasteiger partial charge in [-0.3, -0.25) is 4.79 Å². The largest absolute Gasteiger partial charge is 0.465 e. The first-order valence-corrected chi connectivity index (χ1v) is 14.9. The van der Waals surface area contributed by atoms with Crippen molar-refractivity contribution >= 4 is 45.2 Å². The smallest absolute Gasteiger partial charge is 0.341 e. The van der Waals surface area contributed by atoms with Crippen LogP contribution in [0.25, 0.3) is 33.5 Å². The van der Waals surface area contributed by atoms with Gasteiger partial charge in [0.1, 0.15) is 5.00 Å². The molecule has 0 aliphatic heterocycles. The molecule has 0 saturated heterocycles. The summed E-state index contributed by atoms with van der Waals surface area (Å²) in [6.45, 7) is 1.66. The molecule has 8 nitrogen and oxygen atoms in total. The monoisotopic (exact) mass is 591 g/mol. The second kappa shape index (κ2) is 12.1. The van der Waals surface area contributed by atoms with Gasteiger partial charge in [0.2, 0.25) is 0 Å². The molecule has 43 heavy (non-hydrogen) atoms. The number of rotatable bonds is 7. The van der Waals surface area contributed by atoms with Crippen LogP contribution in [0.3, 0.4) is 0 Å². The Morgan fingerprint density at radius 1 is 0.884 bits per heavy atom. The van der Waals surface area contributed by atoms with Gasteiger partial charge in [-0.25, -0.2) is 19.6 Å². The number of esters is 2. The molecule has 2 aromatic heterocycles. The van der Waals surface area contributed by atoms with Crippen LogP contribution in [0.1, 0.15) is 44.5 Å². The van der Waals surface area contributed by atoms with Crippen molar-refractivity contribution in [3.63, 3.8) is 0 Å². The first kappa shape index (κ1) is 28.2. The van der Waals surface area contributed by atoms with E-state index >= 15 is 0 Å². The summed E-state index contributed by atoms with van der Waals surface area (Å²) in [5.41, 5.74) is 5.99. The van der Waals surface area contributed by atoms with Crippen molar-refractivity contribution in [2.75, 3.05) is 19.0 Å². The van der Waals surface area contributed by atoms with E-state index in [0.29, 0.717) is 33.2 Å². The number of carbonyl (C=O) groups is 3. The highest BCUT2D eigenvalue weighted by Gasteiger charge is 2.29. The van der Waals surface area contributed by atoms with Gasteiger partial charge >= 0.3 is 11.9 Å². The number of anilines is 1. The maximum atomic E-state index is 13.0. The van der Waals surface area contributed by atoms with Crippen LogP contribution in [0.5, 0.6) is 0 Å². The fraction of sp³-hybridized carbons (Fsp3) is 0.206. The Labute approximate surface area is 252 Å². The van der Waals surface area contributed by atoms with E-state index in [1.807, 2.05) is 60.7 Å². The zero-order valence-electron chi connectivity index (χ0n) is 23.8. The number of ether oxygens (including phenoxy) is 2. The van der Waals surface area contributed by atoms with Gasteiger partial charge in [-0.15, -0.1) is 11.3 Å².